The number of hydrogen-bond acceptors (Lipinski definition) is 3. The Morgan fingerprint density at radius 1 is 1.28 bits per heavy atom. The standard InChI is InChI=1S/C15H12N2O/c16-9-15(8-13-2-1-7-17-10-13)14-5-3-12(11-18)4-6-14/h1-7,10-11,15H,8H2. The Hall–Kier alpha value is -2.47. The molecular weight excluding hydrogens is 224 g/mol. The number of nitriles is 1. The Morgan fingerprint density at radius 2 is 2.06 bits per heavy atom. The summed E-state index contributed by atoms with van der Waals surface area (Å²) < 4.78 is 0. The number of pyridine rings is 1. The molecule has 0 radical (unpaired) electrons. The summed E-state index contributed by atoms with van der Waals surface area (Å²) in [5.74, 6) is -0.213. The van der Waals surface area contributed by atoms with E-state index >= 15 is 0 Å². The summed E-state index contributed by atoms with van der Waals surface area (Å²) in [4.78, 5) is 14.6. The monoisotopic (exact) mass is 236 g/mol. The van der Waals surface area contributed by atoms with Crippen molar-refractivity contribution in [2.24, 2.45) is 0 Å². The first-order valence-electron chi connectivity index (χ1n) is 5.67. The topological polar surface area (TPSA) is 53.8 Å². The van der Waals surface area contributed by atoms with Crippen LogP contribution in [0.4, 0.5) is 0 Å². The van der Waals surface area contributed by atoms with Gasteiger partial charge < -0.3 is 0 Å². The fraction of sp³-hybridized carbons (Fsp3) is 0.133. The number of hydrogen-bond donors (Lipinski definition) is 0. The van der Waals surface area contributed by atoms with Crippen molar-refractivity contribution in [2.45, 2.75) is 12.3 Å². The maximum Gasteiger partial charge on any atom is 0.150 e. The Morgan fingerprint density at radius 3 is 2.61 bits per heavy atom. The third-order valence-corrected chi connectivity index (χ3v) is 2.79. The van der Waals surface area contributed by atoms with Gasteiger partial charge in [0.05, 0.1) is 12.0 Å². The smallest absolute Gasteiger partial charge is 0.150 e. The SMILES string of the molecule is N#CC(Cc1cccnc1)c1ccc(C=O)cc1. The van der Waals surface area contributed by atoms with Crippen molar-refractivity contribution in [3.05, 3.63) is 65.5 Å². The molecule has 3 heteroatoms. The van der Waals surface area contributed by atoms with Crippen LogP contribution in [0.5, 0.6) is 0 Å². The number of nitrogens with zero attached hydrogens (tertiary/aromatic N) is 2. The number of carbonyl (C=O) groups excluding carboxylic acids is 1. The molecule has 1 heterocycles. The molecule has 0 N–H and O–H groups in total. The maximum atomic E-state index is 10.6. The van der Waals surface area contributed by atoms with Crippen LogP contribution in [-0.2, 0) is 6.42 Å². The summed E-state index contributed by atoms with van der Waals surface area (Å²) in [6.07, 6.45) is 4.91. The molecule has 1 aromatic heterocycles. The third kappa shape index (κ3) is 2.80. The molecule has 0 aliphatic heterocycles. The predicted octanol–water partition coefficient (Wildman–Crippen LogP) is 2.74. The van der Waals surface area contributed by atoms with E-state index in [2.05, 4.69) is 11.1 Å². The minimum absolute atomic E-state index is 0.213. The van der Waals surface area contributed by atoms with Crippen LogP contribution in [0, 0.1) is 11.3 Å². The molecule has 1 aromatic carbocycles. The van der Waals surface area contributed by atoms with E-state index in [4.69, 9.17) is 0 Å². The van der Waals surface area contributed by atoms with Crippen LogP contribution in [-0.4, -0.2) is 11.3 Å². The first kappa shape index (κ1) is 12.0. The van der Waals surface area contributed by atoms with Gasteiger partial charge in [0, 0.05) is 18.0 Å². The fourth-order valence-corrected chi connectivity index (χ4v) is 1.80. The Labute approximate surface area is 106 Å². The second-order valence-corrected chi connectivity index (χ2v) is 4.03. The average Bonchev–Trinajstić information content (AvgIpc) is 2.46. The third-order valence-electron chi connectivity index (χ3n) is 2.79. The molecule has 0 aliphatic rings. The second kappa shape index (κ2) is 5.74. The lowest BCUT2D eigenvalue weighted by atomic mass is 9.93. The highest BCUT2D eigenvalue weighted by Gasteiger charge is 2.11. The molecule has 0 bridgehead atoms. The molecule has 1 unspecified atom stereocenters. The summed E-state index contributed by atoms with van der Waals surface area (Å²) in [6, 6.07) is 13.2. The van der Waals surface area contributed by atoms with Crippen molar-refractivity contribution in [2.75, 3.05) is 0 Å². The second-order valence-electron chi connectivity index (χ2n) is 4.03. The molecule has 2 rings (SSSR count). The maximum absolute atomic E-state index is 10.6. The van der Waals surface area contributed by atoms with E-state index in [-0.39, 0.29) is 5.92 Å². The van der Waals surface area contributed by atoms with Crippen LogP contribution < -0.4 is 0 Å². The van der Waals surface area contributed by atoms with Crippen molar-refractivity contribution < 1.29 is 4.79 Å². The Kier molecular flexibility index (Phi) is 3.83. The number of carbonyl (C=O) groups is 1. The van der Waals surface area contributed by atoms with Crippen LogP contribution in [0.3, 0.4) is 0 Å². The van der Waals surface area contributed by atoms with Crippen LogP contribution >= 0.6 is 0 Å². The van der Waals surface area contributed by atoms with Gasteiger partial charge in [-0.3, -0.25) is 9.78 Å². The van der Waals surface area contributed by atoms with Gasteiger partial charge in [-0.2, -0.15) is 5.26 Å². The average molecular weight is 236 g/mol. The first-order chi connectivity index (χ1) is 8.83. The van der Waals surface area contributed by atoms with Crippen molar-refractivity contribution in [1.82, 2.24) is 4.98 Å². The van der Waals surface area contributed by atoms with Gasteiger partial charge in [0.15, 0.2) is 0 Å². The predicted molar refractivity (Wildman–Crippen MR) is 68.1 cm³/mol. The van der Waals surface area contributed by atoms with Gasteiger partial charge in [-0.1, -0.05) is 30.3 Å². The molecule has 0 amide bonds. The largest absolute Gasteiger partial charge is 0.298 e. The minimum atomic E-state index is -0.213. The molecule has 0 spiro atoms. The van der Waals surface area contributed by atoms with Crippen LogP contribution in [0.15, 0.2) is 48.8 Å². The van der Waals surface area contributed by atoms with Gasteiger partial charge in [0.25, 0.3) is 0 Å². The fourth-order valence-electron chi connectivity index (χ4n) is 1.80. The molecule has 0 fully saturated rings. The highest BCUT2D eigenvalue weighted by Crippen LogP contribution is 2.20. The molecule has 0 saturated carbocycles. The molecule has 88 valence electrons. The van der Waals surface area contributed by atoms with E-state index in [1.807, 2.05) is 24.3 Å². The van der Waals surface area contributed by atoms with E-state index in [0.717, 1.165) is 17.4 Å². The summed E-state index contributed by atoms with van der Waals surface area (Å²) in [7, 11) is 0. The van der Waals surface area contributed by atoms with Gasteiger partial charge >= 0.3 is 0 Å². The molecule has 18 heavy (non-hydrogen) atoms. The molecule has 1 atom stereocenters. The normalized spacial score (nSPS) is 11.5. The van der Waals surface area contributed by atoms with Crippen molar-refractivity contribution in [3.8, 4) is 6.07 Å². The summed E-state index contributed by atoms with van der Waals surface area (Å²) in [5.41, 5.74) is 2.58. The van der Waals surface area contributed by atoms with Crippen molar-refractivity contribution >= 4 is 6.29 Å². The molecule has 3 nitrogen and oxygen atoms in total. The first-order valence-corrected chi connectivity index (χ1v) is 5.67. The van der Waals surface area contributed by atoms with E-state index < -0.39 is 0 Å². The Balaban J connectivity index is 2.18. The molecule has 2 aromatic rings. The van der Waals surface area contributed by atoms with Gasteiger partial charge in [-0.15, -0.1) is 0 Å². The van der Waals surface area contributed by atoms with Crippen LogP contribution in [0.2, 0.25) is 0 Å². The van der Waals surface area contributed by atoms with E-state index in [9.17, 15) is 10.1 Å². The quantitative estimate of drug-likeness (QED) is 0.767. The van der Waals surface area contributed by atoms with Crippen molar-refractivity contribution in [3.63, 3.8) is 0 Å². The summed E-state index contributed by atoms with van der Waals surface area (Å²) >= 11 is 0. The number of rotatable bonds is 4. The molecule has 0 saturated heterocycles. The molecule has 0 aliphatic carbocycles. The number of benzene rings is 1. The highest BCUT2D eigenvalue weighted by molar-refractivity contribution is 5.74. The van der Waals surface area contributed by atoms with Gasteiger partial charge in [-0.25, -0.2) is 0 Å². The molecular formula is C15H12N2O. The van der Waals surface area contributed by atoms with E-state index in [1.165, 1.54) is 0 Å². The van der Waals surface area contributed by atoms with Crippen LogP contribution in [0.25, 0.3) is 0 Å². The lowest BCUT2D eigenvalue weighted by molar-refractivity contribution is 0.112. The lowest BCUT2D eigenvalue weighted by Crippen LogP contribution is -2.01. The van der Waals surface area contributed by atoms with E-state index in [1.54, 1.807) is 24.5 Å². The van der Waals surface area contributed by atoms with Crippen LogP contribution in [0.1, 0.15) is 27.4 Å². The van der Waals surface area contributed by atoms with Gasteiger partial charge in [0.1, 0.15) is 6.29 Å². The zero-order valence-corrected chi connectivity index (χ0v) is 9.78. The number of aldehydes is 1. The zero-order valence-electron chi connectivity index (χ0n) is 9.78. The van der Waals surface area contributed by atoms with E-state index in [0.29, 0.717) is 12.0 Å². The lowest BCUT2D eigenvalue weighted by Gasteiger charge is -2.09. The number of aromatic nitrogens is 1. The summed E-state index contributed by atoms with van der Waals surface area (Å²) in [5, 5.41) is 9.23. The minimum Gasteiger partial charge on any atom is -0.298 e. The summed E-state index contributed by atoms with van der Waals surface area (Å²) in [6.45, 7) is 0. The zero-order chi connectivity index (χ0) is 12.8. The van der Waals surface area contributed by atoms with Gasteiger partial charge in [-0.05, 0) is 23.6 Å². The Bertz CT molecular complexity index is 555. The van der Waals surface area contributed by atoms with Crippen molar-refractivity contribution in [1.29, 1.82) is 5.26 Å². The van der Waals surface area contributed by atoms with Gasteiger partial charge in [0.2, 0.25) is 0 Å². The highest BCUT2D eigenvalue weighted by atomic mass is 16.1.